The van der Waals surface area contributed by atoms with Crippen LogP contribution < -0.4 is 10.3 Å². The summed E-state index contributed by atoms with van der Waals surface area (Å²) in [5.74, 6) is -0.618. The Morgan fingerprint density at radius 3 is 2.11 bits per heavy atom. The SMILES string of the molecule is CC1=CC(C)(C)N(C(C)C)c2ccc(/C=N/NC(=O)C(O)(c3ccccc3)c3ccccc3)cc21. The maximum atomic E-state index is 13.2. The van der Waals surface area contributed by atoms with Gasteiger partial charge in [0.05, 0.1) is 11.8 Å². The number of hydrazone groups is 1. The van der Waals surface area contributed by atoms with Crippen molar-refractivity contribution in [3.63, 3.8) is 0 Å². The summed E-state index contributed by atoms with van der Waals surface area (Å²) < 4.78 is 0. The fourth-order valence-electron chi connectivity index (χ4n) is 5.12. The minimum atomic E-state index is -1.86. The van der Waals surface area contributed by atoms with E-state index in [9.17, 15) is 9.90 Å². The Morgan fingerprint density at radius 1 is 1.00 bits per heavy atom. The Hall–Kier alpha value is -3.70. The number of hydrogen-bond acceptors (Lipinski definition) is 4. The van der Waals surface area contributed by atoms with Gasteiger partial charge in [0.15, 0.2) is 5.60 Å². The standard InChI is InChI=1S/C30H33N3O2/c1-21(2)33-27-17-16-23(18-26(27)22(3)19-29(33,4)5)20-31-32-28(34)30(35,24-12-8-6-9-13-24)25-14-10-7-11-15-25/h6-21,35H,1-5H3,(H,32,34)/b31-20+. The molecule has 5 nitrogen and oxygen atoms in total. The molecule has 0 aliphatic carbocycles. The molecule has 1 aliphatic rings. The highest BCUT2D eigenvalue weighted by Crippen LogP contribution is 2.40. The quantitative estimate of drug-likeness (QED) is 0.373. The fourth-order valence-corrected chi connectivity index (χ4v) is 5.12. The molecule has 0 fully saturated rings. The zero-order valence-electron chi connectivity index (χ0n) is 21.0. The summed E-state index contributed by atoms with van der Waals surface area (Å²) in [4.78, 5) is 15.7. The highest BCUT2D eigenvalue weighted by atomic mass is 16.3. The van der Waals surface area contributed by atoms with E-state index in [-0.39, 0.29) is 5.54 Å². The molecule has 0 bridgehead atoms. The number of anilines is 1. The average molecular weight is 468 g/mol. The van der Waals surface area contributed by atoms with Crippen LogP contribution in [0.3, 0.4) is 0 Å². The van der Waals surface area contributed by atoms with Gasteiger partial charge in [-0.05, 0) is 69.0 Å². The van der Waals surface area contributed by atoms with Crippen molar-refractivity contribution in [2.75, 3.05) is 4.90 Å². The summed E-state index contributed by atoms with van der Waals surface area (Å²) in [6.45, 7) is 11.0. The lowest BCUT2D eigenvalue weighted by Gasteiger charge is -2.46. The van der Waals surface area contributed by atoms with Crippen molar-refractivity contribution in [3.05, 3.63) is 107 Å². The molecule has 2 N–H and O–H groups in total. The Morgan fingerprint density at radius 2 is 1.57 bits per heavy atom. The van der Waals surface area contributed by atoms with Crippen molar-refractivity contribution in [3.8, 4) is 0 Å². The summed E-state index contributed by atoms with van der Waals surface area (Å²) in [6.07, 6.45) is 3.90. The third kappa shape index (κ3) is 4.64. The van der Waals surface area contributed by atoms with Crippen LogP contribution in [0, 0.1) is 0 Å². The van der Waals surface area contributed by atoms with Gasteiger partial charge in [-0.15, -0.1) is 0 Å². The van der Waals surface area contributed by atoms with Gasteiger partial charge in [0.25, 0.3) is 5.91 Å². The molecular weight excluding hydrogens is 434 g/mol. The number of fused-ring (bicyclic) bond motifs is 1. The molecule has 1 aliphatic heterocycles. The molecule has 35 heavy (non-hydrogen) atoms. The smallest absolute Gasteiger partial charge is 0.281 e. The van der Waals surface area contributed by atoms with Crippen molar-refractivity contribution in [1.29, 1.82) is 0 Å². The molecule has 0 atom stereocenters. The van der Waals surface area contributed by atoms with E-state index in [1.54, 1.807) is 54.7 Å². The molecule has 3 aromatic carbocycles. The Kier molecular flexibility index (Phi) is 6.64. The lowest BCUT2D eigenvalue weighted by Crippen LogP contribution is -2.49. The summed E-state index contributed by atoms with van der Waals surface area (Å²) in [7, 11) is 0. The number of benzene rings is 3. The Labute approximate surface area is 207 Å². The van der Waals surface area contributed by atoms with Crippen LogP contribution in [0.1, 0.15) is 56.9 Å². The topological polar surface area (TPSA) is 64.9 Å². The highest BCUT2D eigenvalue weighted by molar-refractivity contribution is 5.92. The second-order valence-electron chi connectivity index (χ2n) is 9.86. The number of rotatable bonds is 6. The van der Waals surface area contributed by atoms with Crippen molar-refractivity contribution < 1.29 is 9.90 Å². The van der Waals surface area contributed by atoms with Gasteiger partial charge in [-0.3, -0.25) is 4.79 Å². The molecule has 1 heterocycles. The number of carbonyl (C=O) groups excluding carboxylic acids is 1. The van der Waals surface area contributed by atoms with E-state index in [4.69, 9.17) is 0 Å². The van der Waals surface area contributed by atoms with Crippen molar-refractivity contribution in [2.45, 2.75) is 51.8 Å². The molecule has 3 aromatic rings. The summed E-state index contributed by atoms with van der Waals surface area (Å²) >= 11 is 0. The van der Waals surface area contributed by atoms with E-state index < -0.39 is 11.5 Å². The normalized spacial score (nSPS) is 15.2. The lowest BCUT2D eigenvalue weighted by atomic mass is 9.85. The number of nitrogens with one attached hydrogen (secondary N) is 1. The van der Waals surface area contributed by atoms with Crippen LogP contribution in [0.2, 0.25) is 0 Å². The molecule has 4 rings (SSSR count). The lowest BCUT2D eigenvalue weighted by molar-refractivity contribution is -0.136. The van der Waals surface area contributed by atoms with Crippen LogP contribution in [0.4, 0.5) is 5.69 Å². The van der Waals surface area contributed by atoms with E-state index in [2.05, 4.69) is 68.3 Å². The molecule has 0 radical (unpaired) electrons. The van der Waals surface area contributed by atoms with Crippen LogP contribution in [0.15, 0.2) is 90.0 Å². The van der Waals surface area contributed by atoms with Gasteiger partial charge in [0, 0.05) is 17.3 Å². The van der Waals surface area contributed by atoms with Gasteiger partial charge < -0.3 is 10.0 Å². The average Bonchev–Trinajstić information content (AvgIpc) is 2.84. The first-order chi connectivity index (χ1) is 16.6. The zero-order chi connectivity index (χ0) is 25.2. The number of amides is 1. The first-order valence-corrected chi connectivity index (χ1v) is 11.9. The Bertz CT molecular complexity index is 1220. The van der Waals surface area contributed by atoms with Gasteiger partial charge in [-0.25, -0.2) is 5.43 Å². The molecular formula is C30H33N3O2. The van der Waals surface area contributed by atoms with Crippen LogP contribution >= 0.6 is 0 Å². The molecule has 0 aromatic heterocycles. The van der Waals surface area contributed by atoms with Gasteiger partial charge in [-0.1, -0.05) is 72.8 Å². The predicted octanol–water partition coefficient (Wildman–Crippen LogP) is 5.48. The van der Waals surface area contributed by atoms with Crippen LogP contribution in [0.25, 0.3) is 5.57 Å². The molecule has 0 saturated carbocycles. The molecule has 5 heteroatoms. The van der Waals surface area contributed by atoms with Crippen molar-refractivity contribution in [1.82, 2.24) is 5.43 Å². The molecule has 0 spiro atoms. The minimum Gasteiger partial charge on any atom is -0.372 e. The molecule has 1 amide bonds. The van der Waals surface area contributed by atoms with E-state index in [0.717, 1.165) is 11.1 Å². The summed E-state index contributed by atoms with van der Waals surface area (Å²) in [5.41, 5.74) is 5.99. The van der Waals surface area contributed by atoms with Gasteiger partial charge >= 0.3 is 0 Å². The third-order valence-electron chi connectivity index (χ3n) is 6.50. The maximum absolute atomic E-state index is 13.2. The monoisotopic (exact) mass is 467 g/mol. The summed E-state index contributed by atoms with van der Waals surface area (Å²) in [6, 6.07) is 24.4. The fraction of sp³-hybridized carbons (Fsp3) is 0.267. The maximum Gasteiger partial charge on any atom is 0.281 e. The highest BCUT2D eigenvalue weighted by Gasteiger charge is 2.40. The number of allylic oxidation sites excluding steroid dienone is 1. The van der Waals surface area contributed by atoms with Gasteiger partial charge in [0.1, 0.15) is 0 Å². The van der Waals surface area contributed by atoms with Gasteiger partial charge in [-0.2, -0.15) is 5.10 Å². The minimum absolute atomic E-state index is 0.0752. The number of nitrogens with zero attached hydrogens (tertiary/aromatic N) is 2. The second-order valence-corrected chi connectivity index (χ2v) is 9.86. The first-order valence-electron chi connectivity index (χ1n) is 11.9. The Balaban J connectivity index is 1.61. The van der Waals surface area contributed by atoms with Crippen molar-refractivity contribution in [2.24, 2.45) is 5.10 Å². The molecule has 180 valence electrons. The predicted molar refractivity (Wildman–Crippen MR) is 143 cm³/mol. The van der Waals surface area contributed by atoms with E-state index in [0.29, 0.717) is 17.2 Å². The van der Waals surface area contributed by atoms with Crippen LogP contribution in [0.5, 0.6) is 0 Å². The van der Waals surface area contributed by atoms with Crippen LogP contribution in [-0.2, 0) is 10.4 Å². The van der Waals surface area contributed by atoms with E-state index in [1.807, 2.05) is 18.2 Å². The van der Waals surface area contributed by atoms with E-state index >= 15 is 0 Å². The van der Waals surface area contributed by atoms with E-state index in [1.165, 1.54) is 11.3 Å². The molecule has 0 unspecified atom stereocenters. The second kappa shape index (κ2) is 9.51. The number of hydrogen-bond donors (Lipinski definition) is 2. The largest absolute Gasteiger partial charge is 0.372 e. The van der Waals surface area contributed by atoms with Crippen LogP contribution in [-0.4, -0.2) is 28.8 Å². The summed E-state index contributed by atoms with van der Waals surface area (Å²) in [5, 5.41) is 15.7. The molecule has 0 saturated heterocycles. The van der Waals surface area contributed by atoms with Crippen molar-refractivity contribution >= 4 is 23.4 Å². The zero-order valence-corrected chi connectivity index (χ0v) is 21.0. The number of aliphatic hydroxyl groups is 1. The third-order valence-corrected chi connectivity index (χ3v) is 6.50. The van der Waals surface area contributed by atoms with Gasteiger partial charge in [0.2, 0.25) is 0 Å². The number of carbonyl (C=O) groups is 1. The first kappa shape index (κ1) is 24.4.